The van der Waals surface area contributed by atoms with Crippen molar-refractivity contribution < 1.29 is 14.3 Å². The van der Waals surface area contributed by atoms with E-state index in [1.807, 2.05) is 47.9 Å². The van der Waals surface area contributed by atoms with Gasteiger partial charge in [-0.25, -0.2) is 0 Å². The van der Waals surface area contributed by atoms with E-state index in [0.717, 1.165) is 11.3 Å². The molecule has 1 amide bonds. The number of carbonyl (C=O) groups is 1. The number of nitrogens with zero attached hydrogens (tertiary/aromatic N) is 2. The lowest BCUT2D eigenvalue weighted by atomic mass is 10.2. The summed E-state index contributed by atoms with van der Waals surface area (Å²) in [4.78, 5) is 12.4. The number of rotatable bonds is 8. The van der Waals surface area contributed by atoms with Gasteiger partial charge in [-0.05, 0) is 55.5 Å². The van der Waals surface area contributed by atoms with Gasteiger partial charge in [0.25, 0.3) is 0 Å². The van der Waals surface area contributed by atoms with Crippen molar-refractivity contribution in [3.05, 3.63) is 53.3 Å². The van der Waals surface area contributed by atoms with Crippen LogP contribution in [0.1, 0.15) is 13.3 Å². The number of methoxy groups -OCH3 is 1. The fourth-order valence-corrected chi connectivity index (χ4v) is 3.01. The summed E-state index contributed by atoms with van der Waals surface area (Å²) in [6.07, 6.45) is 0.246. The van der Waals surface area contributed by atoms with Gasteiger partial charge in [0.15, 0.2) is 10.6 Å². The van der Waals surface area contributed by atoms with Crippen molar-refractivity contribution in [2.45, 2.75) is 19.9 Å². The van der Waals surface area contributed by atoms with Gasteiger partial charge < -0.3 is 14.8 Å². The number of para-hydroxylation sites is 2. The van der Waals surface area contributed by atoms with Gasteiger partial charge in [-0.15, -0.1) is 0 Å². The Morgan fingerprint density at radius 1 is 1.21 bits per heavy atom. The quantitative estimate of drug-likeness (QED) is 0.560. The Kier molecular flexibility index (Phi) is 6.44. The first-order valence-corrected chi connectivity index (χ1v) is 9.34. The lowest BCUT2D eigenvalue weighted by Gasteiger charge is -2.11. The van der Waals surface area contributed by atoms with Crippen LogP contribution < -0.4 is 14.8 Å². The fraction of sp³-hybridized carbons (Fsp3) is 0.250. The highest BCUT2D eigenvalue weighted by Crippen LogP contribution is 2.24. The van der Waals surface area contributed by atoms with Crippen LogP contribution in [0.15, 0.2) is 48.5 Å². The van der Waals surface area contributed by atoms with Crippen LogP contribution in [0.5, 0.6) is 11.5 Å². The van der Waals surface area contributed by atoms with E-state index in [4.69, 9.17) is 21.7 Å². The van der Waals surface area contributed by atoms with Gasteiger partial charge in [-0.3, -0.25) is 14.5 Å². The van der Waals surface area contributed by atoms with Crippen LogP contribution in [0, 0.1) is 4.77 Å². The number of amides is 1. The molecule has 3 aromatic rings. The molecule has 1 heterocycles. The molecular formula is C20H22N4O3S. The highest BCUT2D eigenvalue weighted by atomic mass is 32.1. The maximum absolute atomic E-state index is 12.4. The van der Waals surface area contributed by atoms with E-state index in [1.54, 1.807) is 19.2 Å². The number of hydrogen-bond acceptors (Lipinski definition) is 5. The fourth-order valence-electron chi connectivity index (χ4n) is 2.79. The number of ether oxygens (including phenoxy) is 2. The Hall–Kier alpha value is -3.13. The predicted octanol–water partition coefficient (Wildman–Crippen LogP) is 4.04. The first-order chi connectivity index (χ1) is 13.6. The van der Waals surface area contributed by atoms with Crippen LogP contribution in [0.25, 0.3) is 11.4 Å². The van der Waals surface area contributed by atoms with Gasteiger partial charge in [-0.2, -0.15) is 5.10 Å². The van der Waals surface area contributed by atoms with Crippen molar-refractivity contribution >= 4 is 23.8 Å². The first-order valence-electron chi connectivity index (χ1n) is 8.93. The smallest absolute Gasteiger partial charge is 0.226 e. The van der Waals surface area contributed by atoms with Crippen molar-refractivity contribution in [3.8, 4) is 22.9 Å². The highest BCUT2D eigenvalue weighted by molar-refractivity contribution is 7.71. The van der Waals surface area contributed by atoms with Gasteiger partial charge in [0.1, 0.15) is 11.5 Å². The average Bonchev–Trinajstić information content (AvgIpc) is 3.08. The Bertz CT molecular complexity index is 995. The van der Waals surface area contributed by atoms with E-state index in [1.165, 1.54) is 0 Å². The number of anilines is 1. The van der Waals surface area contributed by atoms with E-state index in [-0.39, 0.29) is 12.3 Å². The third-order valence-electron chi connectivity index (χ3n) is 4.13. The standard InChI is InChI=1S/C20H22N4O3S/c1-3-27-15-10-8-14(9-11-15)19-22-23-20(28)24(19)13-12-18(25)21-16-6-4-5-7-17(16)26-2/h4-11H,3,12-13H2,1-2H3,(H,21,25)(H,23,28). The van der Waals surface area contributed by atoms with Crippen molar-refractivity contribution in [2.24, 2.45) is 0 Å². The molecule has 0 unspecified atom stereocenters. The Morgan fingerprint density at radius 2 is 1.96 bits per heavy atom. The molecular weight excluding hydrogens is 376 g/mol. The molecule has 8 heteroatoms. The Balaban J connectivity index is 1.70. The highest BCUT2D eigenvalue weighted by Gasteiger charge is 2.12. The predicted molar refractivity (Wildman–Crippen MR) is 110 cm³/mol. The minimum absolute atomic E-state index is 0.134. The number of H-pyrrole nitrogens is 1. The second-order valence-corrected chi connectivity index (χ2v) is 6.35. The number of hydrogen-bond donors (Lipinski definition) is 2. The molecule has 28 heavy (non-hydrogen) atoms. The Labute approximate surface area is 168 Å². The Morgan fingerprint density at radius 3 is 2.68 bits per heavy atom. The lowest BCUT2D eigenvalue weighted by Crippen LogP contribution is -2.15. The topological polar surface area (TPSA) is 81.2 Å². The second-order valence-electron chi connectivity index (χ2n) is 5.96. The zero-order valence-corrected chi connectivity index (χ0v) is 16.6. The largest absolute Gasteiger partial charge is 0.495 e. The molecule has 146 valence electrons. The van der Waals surface area contributed by atoms with Crippen LogP contribution in [0.2, 0.25) is 0 Å². The van der Waals surface area contributed by atoms with Crippen LogP contribution in [-0.2, 0) is 11.3 Å². The molecule has 0 fully saturated rings. The van der Waals surface area contributed by atoms with Crippen LogP contribution in [-0.4, -0.2) is 34.4 Å². The molecule has 0 aliphatic heterocycles. The summed E-state index contributed by atoms with van der Waals surface area (Å²) in [6.45, 7) is 2.95. The lowest BCUT2D eigenvalue weighted by molar-refractivity contribution is -0.116. The molecule has 3 rings (SSSR count). The molecule has 0 atom stereocenters. The molecule has 1 aromatic heterocycles. The number of aromatic amines is 1. The molecule has 0 saturated carbocycles. The van der Waals surface area contributed by atoms with Crippen LogP contribution in [0.3, 0.4) is 0 Å². The van der Waals surface area contributed by atoms with Gasteiger partial charge in [-0.1, -0.05) is 12.1 Å². The van der Waals surface area contributed by atoms with Crippen molar-refractivity contribution in [3.63, 3.8) is 0 Å². The SMILES string of the molecule is CCOc1ccc(-c2n[nH]c(=S)n2CCC(=O)Nc2ccccc2OC)cc1. The maximum Gasteiger partial charge on any atom is 0.226 e. The van der Waals surface area contributed by atoms with Gasteiger partial charge in [0, 0.05) is 18.5 Å². The molecule has 0 radical (unpaired) electrons. The number of carbonyl (C=O) groups excluding carboxylic acids is 1. The molecule has 0 spiro atoms. The first kappa shape index (κ1) is 19.6. The van der Waals surface area contributed by atoms with E-state index >= 15 is 0 Å². The normalized spacial score (nSPS) is 10.5. The molecule has 0 aliphatic carbocycles. The molecule has 0 aliphatic rings. The van der Waals surface area contributed by atoms with Crippen molar-refractivity contribution in [1.29, 1.82) is 0 Å². The summed E-state index contributed by atoms with van der Waals surface area (Å²) in [6, 6.07) is 14.9. The zero-order valence-electron chi connectivity index (χ0n) is 15.8. The third kappa shape index (κ3) is 4.58. The monoisotopic (exact) mass is 398 g/mol. The summed E-state index contributed by atoms with van der Waals surface area (Å²) in [5.41, 5.74) is 1.53. The summed E-state index contributed by atoms with van der Waals surface area (Å²) in [5, 5.41) is 9.97. The molecule has 2 N–H and O–H groups in total. The summed E-state index contributed by atoms with van der Waals surface area (Å²) in [7, 11) is 1.57. The third-order valence-corrected chi connectivity index (χ3v) is 4.44. The average molecular weight is 398 g/mol. The van der Waals surface area contributed by atoms with E-state index in [2.05, 4.69) is 15.5 Å². The minimum Gasteiger partial charge on any atom is -0.495 e. The van der Waals surface area contributed by atoms with E-state index in [9.17, 15) is 4.79 Å². The van der Waals surface area contributed by atoms with Crippen LogP contribution >= 0.6 is 12.2 Å². The molecule has 2 aromatic carbocycles. The summed E-state index contributed by atoms with van der Waals surface area (Å²) in [5.74, 6) is 1.96. The molecule has 0 saturated heterocycles. The van der Waals surface area contributed by atoms with Gasteiger partial charge in [0.2, 0.25) is 5.91 Å². The van der Waals surface area contributed by atoms with Gasteiger partial charge >= 0.3 is 0 Å². The van der Waals surface area contributed by atoms with Crippen LogP contribution in [0.4, 0.5) is 5.69 Å². The number of aromatic nitrogens is 3. The van der Waals surface area contributed by atoms with Crippen molar-refractivity contribution in [1.82, 2.24) is 14.8 Å². The van der Waals surface area contributed by atoms with E-state index in [0.29, 0.717) is 35.2 Å². The zero-order chi connectivity index (χ0) is 19.9. The van der Waals surface area contributed by atoms with Gasteiger partial charge in [0.05, 0.1) is 19.4 Å². The number of benzene rings is 2. The molecule has 0 bridgehead atoms. The minimum atomic E-state index is -0.134. The molecule has 7 nitrogen and oxygen atoms in total. The van der Waals surface area contributed by atoms with E-state index < -0.39 is 0 Å². The van der Waals surface area contributed by atoms with Crippen molar-refractivity contribution in [2.75, 3.05) is 19.0 Å². The maximum atomic E-state index is 12.4. The number of nitrogens with one attached hydrogen (secondary N) is 2. The summed E-state index contributed by atoms with van der Waals surface area (Å²) >= 11 is 5.33. The summed E-state index contributed by atoms with van der Waals surface area (Å²) < 4.78 is 13.0. The second kappa shape index (κ2) is 9.18.